The Balaban J connectivity index is 0.000000531. The van der Waals surface area contributed by atoms with E-state index in [1.165, 1.54) is 4.57 Å². The van der Waals surface area contributed by atoms with Gasteiger partial charge in [-0.15, -0.1) is 0 Å². The molecule has 0 radical (unpaired) electrons. The van der Waals surface area contributed by atoms with E-state index in [4.69, 9.17) is 11.5 Å². The molecule has 7 nitrogen and oxygen atoms in total. The Morgan fingerprint density at radius 1 is 1.27 bits per heavy atom. The first-order valence-corrected chi connectivity index (χ1v) is 4.57. The SMILES string of the molecule is CC.Cn1c(N)nc2c(=O)[nH]c(N)nc21. The smallest absolute Gasteiger partial charge is 0.280 e. The van der Waals surface area contributed by atoms with Crippen LogP contribution >= 0.6 is 0 Å². The monoisotopic (exact) mass is 210 g/mol. The molecule has 2 heterocycles. The minimum atomic E-state index is -0.380. The lowest BCUT2D eigenvalue weighted by atomic mass is 10.5. The van der Waals surface area contributed by atoms with Gasteiger partial charge in [-0.25, -0.2) is 4.98 Å². The Labute approximate surface area is 86.1 Å². The molecule has 0 aliphatic heterocycles. The molecule has 0 saturated heterocycles. The number of H-pyrrole nitrogens is 1. The van der Waals surface area contributed by atoms with Crippen molar-refractivity contribution in [2.24, 2.45) is 7.05 Å². The van der Waals surface area contributed by atoms with E-state index in [0.717, 1.165) is 0 Å². The van der Waals surface area contributed by atoms with Gasteiger partial charge in [-0.3, -0.25) is 14.3 Å². The van der Waals surface area contributed by atoms with Crippen molar-refractivity contribution in [3.63, 3.8) is 0 Å². The van der Waals surface area contributed by atoms with E-state index in [1.54, 1.807) is 7.05 Å². The van der Waals surface area contributed by atoms with Crippen LogP contribution in [0.25, 0.3) is 11.2 Å². The number of nitrogens with zero attached hydrogens (tertiary/aromatic N) is 3. The molecule has 2 aromatic rings. The summed E-state index contributed by atoms with van der Waals surface area (Å²) in [4.78, 5) is 21.3. The summed E-state index contributed by atoms with van der Waals surface area (Å²) in [5.41, 5.74) is 11.1. The number of nitrogens with two attached hydrogens (primary N) is 2. The Bertz CT molecular complexity index is 526. The highest BCUT2D eigenvalue weighted by molar-refractivity contribution is 5.73. The molecule has 0 atom stereocenters. The highest BCUT2D eigenvalue weighted by Gasteiger charge is 2.09. The summed E-state index contributed by atoms with van der Waals surface area (Å²) in [6, 6.07) is 0. The predicted octanol–water partition coefficient (Wildman–Crippen LogP) is -0.153. The van der Waals surface area contributed by atoms with E-state index in [0.29, 0.717) is 5.65 Å². The summed E-state index contributed by atoms with van der Waals surface area (Å²) < 4.78 is 1.50. The van der Waals surface area contributed by atoms with Crippen molar-refractivity contribution in [3.05, 3.63) is 10.4 Å². The first kappa shape index (κ1) is 11.0. The van der Waals surface area contributed by atoms with Crippen LogP contribution in [0, 0.1) is 0 Å². The first-order valence-electron chi connectivity index (χ1n) is 4.57. The maximum atomic E-state index is 11.3. The van der Waals surface area contributed by atoms with Crippen molar-refractivity contribution in [3.8, 4) is 0 Å². The van der Waals surface area contributed by atoms with Crippen LogP contribution in [0.5, 0.6) is 0 Å². The number of anilines is 2. The molecule has 0 aromatic carbocycles. The average molecular weight is 210 g/mol. The number of nitrogens with one attached hydrogen (secondary N) is 1. The van der Waals surface area contributed by atoms with Crippen molar-refractivity contribution < 1.29 is 0 Å². The van der Waals surface area contributed by atoms with E-state index in [1.807, 2.05) is 13.8 Å². The Morgan fingerprint density at radius 3 is 2.47 bits per heavy atom. The molecule has 0 fully saturated rings. The minimum absolute atomic E-state index is 0.0560. The zero-order chi connectivity index (χ0) is 11.6. The third-order valence-electron chi connectivity index (χ3n) is 1.78. The van der Waals surface area contributed by atoms with Gasteiger partial charge in [-0.05, 0) is 0 Å². The van der Waals surface area contributed by atoms with Crippen molar-refractivity contribution in [2.75, 3.05) is 11.5 Å². The topological polar surface area (TPSA) is 116 Å². The highest BCUT2D eigenvalue weighted by Crippen LogP contribution is 2.09. The fourth-order valence-electron chi connectivity index (χ4n) is 1.10. The van der Waals surface area contributed by atoms with Crippen molar-refractivity contribution in [2.45, 2.75) is 13.8 Å². The minimum Gasteiger partial charge on any atom is -0.369 e. The number of fused-ring (bicyclic) bond motifs is 1. The summed E-state index contributed by atoms with van der Waals surface area (Å²) in [6.07, 6.45) is 0. The van der Waals surface area contributed by atoms with Gasteiger partial charge in [0.15, 0.2) is 11.2 Å². The van der Waals surface area contributed by atoms with Gasteiger partial charge in [0.05, 0.1) is 0 Å². The van der Waals surface area contributed by atoms with Gasteiger partial charge >= 0.3 is 0 Å². The van der Waals surface area contributed by atoms with Gasteiger partial charge in [0.2, 0.25) is 11.9 Å². The number of hydrogen-bond acceptors (Lipinski definition) is 5. The largest absolute Gasteiger partial charge is 0.369 e. The molecule has 0 amide bonds. The third kappa shape index (κ3) is 1.76. The molecule has 0 aliphatic rings. The van der Waals surface area contributed by atoms with Gasteiger partial charge in [-0.1, -0.05) is 13.8 Å². The Kier molecular flexibility index (Phi) is 2.93. The molecule has 0 bridgehead atoms. The van der Waals surface area contributed by atoms with Crippen LogP contribution in [0.1, 0.15) is 13.8 Å². The van der Waals surface area contributed by atoms with E-state index >= 15 is 0 Å². The number of imidazole rings is 1. The average Bonchev–Trinajstić information content (AvgIpc) is 2.49. The van der Waals surface area contributed by atoms with Gasteiger partial charge in [0.25, 0.3) is 5.56 Å². The van der Waals surface area contributed by atoms with Crippen LogP contribution in [-0.4, -0.2) is 19.5 Å². The summed E-state index contributed by atoms with van der Waals surface area (Å²) in [5.74, 6) is 0.291. The molecular weight excluding hydrogens is 196 g/mol. The highest BCUT2D eigenvalue weighted by atomic mass is 16.1. The molecule has 0 aliphatic carbocycles. The molecule has 0 spiro atoms. The molecule has 0 saturated carbocycles. The first-order chi connectivity index (χ1) is 7.09. The van der Waals surface area contributed by atoms with Gasteiger partial charge in [0, 0.05) is 7.05 Å². The molecule has 15 heavy (non-hydrogen) atoms. The number of nitrogen functional groups attached to an aromatic ring is 2. The van der Waals surface area contributed by atoms with E-state index in [-0.39, 0.29) is 23.0 Å². The predicted molar refractivity (Wildman–Crippen MR) is 59.3 cm³/mol. The normalized spacial score (nSPS) is 9.80. The fourth-order valence-corrected chi connectivity index (χ4v) is 1.10. The molecular formula is C8H14N6O. The lowest BCUT2D eigenvalue weighted by Gasteiger charge is -1.95. The van der Waals surface area contributed by atoms with Crippen LogP contribution in [0.4, 0.5) is 11.9 Å². The maximum Gasteiger partial charge on any atom is 0.280 e. The van der Waals surface area contributed by atoms with E-state index < -0.39 is 0 Å². The Morgan fingerprint density at radius 2 is 1.87 bits per heavy atom. The second-order valence-corrected chi connectivity index (χ2v) is 2.65. The number of aryl methyl sites for hydroxylation is 1. The van der Waals surface area contributed by atoms with E-state index in [9.17, 15) is 4.79 Å². The molecule has 7 heteroatoms. The summed E-state index contributed by atoms with van der Waals surface area (Å²) in [5, 5.41) is 0. The third-order valence-corrected chi connectivity index (χ3v) is 1.78. The zero-order valence-corrected chi connectivity index (χ0v) is 8.90. The number of rotatable bonds is 0. The van der Waals surface area contributed by atoms with Crippen LogP contribution in [0.15, 0.2) is 4.79 Å². The number of hydrogen-bond donors (Lipinski definition) is 3. The fraction of sp³-hybridized carbons (Fsp3) is 0.375. The van der Waals surface area contributed by atoms with Gasteiger partial charge in [0.1, 0.15) is 0 Å². The maximum absolute atomic E-state index is 11.3. The van der Waals surface area contributed by atoms with Gasteiger partial charge < -0.3 is 11.5 Å². The van der Waals surface area contributed by atoms with Crippen molar-refractivity contribution in [1.29, 1.82) is 0 Å². The molecule has 82 valence electrons. The molecule has 5 N–H and O–H groups in total. The van der Waals surface area contributed by atoms with E-state index in [2.05, 4.69) is 15.0 Å². The lowest BCUT2D eigenvalue weighted by Crippen LogP contribution is -2.11. The summed E-state index contributed by atoms with van der Waals surface area (Å²) in [6.45, 7) is 4.00. The summed E-state index contributed by atoms with van der Waals surface area (Å²) in [7, 11) is 1.66. The van der Waals surface area contributed by atoms with Crippen LogP contribution < -0.4 is 17.0 Å². The summed E-state index contributed by atoms with van der Waals surface area (Å²) >= 11 is 0. The second kappa shape index (κ2) is 3.99. The molecule has 0 unspecified atom stereocenters. The number of aromatic amines is 1. The van der Waals surface area contributed by atoms with Crippen LogP contribution in [-0.2, 0) is 7.05 Å². The van der Waals surface area contributed by atoms with Crippen LogP contribution in [0.2, 0.25) is 0 Å². The van der Waals surface area contributed by atoms with Crippen molar-refractivity contribution >= 4 is 23.1 Å². The molecule has 2 rings (SSSR count). The molecule has 2 aromatic heterocycles. The quantitative estimate of drug-likeness (QED) is 0.559. The van der Waals surface area contributed by atoms with Gasteiger partial charge in [-0.2, -0.15) is 4.98 Å². The Hall–Kier alpha value is -2.05. The standard InChI is InChI=1S/C6H8N6O.C2H6/c1-12-3-2(9-6(12)8)4(13)11-5(7)10-3;1-2/h1H3,(H2,8,9)(H3,7,10,11,13);1-2H3. The zero-order valence-electron chi connectivity index (χ0n) is 8.90. The van der Waals surface area contributed by atoms with Crippen LogP contribution in [0.3, 0.4) is 0 Å². The number of aromatic nitrogens is 4. The van der Waals surface area contributed by atoms with Crippen molar-refractivity contribution in [1.82, 2.24) is 19.5 Å². The lowest BCUT2D eigenvalue weighted by molar-refractivity contribution is 0.945. The second-order valence-electron chi connectivity index (χ2n) is 2.65.